The van der Waals surface area contributed by atoms with Crippen molar-refractivity contribution in [1.82, 2.24) is 25.1 Å². The highest BCUT2D eigenvalue weighted by molar-refractivity contribution is 5.76. The van der Waals surface area contributed by atoms with Crippen molar-refractivity contribution in [3.63, 3.8) is 0 Å². The molecule has 2 aromatic heterocycles. The fourth-order valence-electron chi connectivity index (χ4n) is 2.92. The number of carboxylic acids is 1. The van der Waals surface area contributed by atoms with Gasteiger partial charge < -0.3 is 10.0 Å². The predicted octanol–water partition coefficient (Wildman–Crippen LogP) is 2.30. The lowest BCUT2D eigenvalue weighted by Crippen LogP contribution is -2.27. The summed E-state index contributed by atoms with van der Waals surface area (Å²) in [6.07, 6.45) is 3.93. The zero-order valence-corrected chi connectivity index (χ0v) is 15.9. The number of aliphatic carboxylic acids is 1. The number of fused-ring (bicyclic) bond motifs is 1. The molecule has 0 radical (unpaired) electrons. The van der Waals surface area contributed by atoms with Crippen LogP contribution in [0.4, 0.5) is 13.2 Å². The first kappa shape index (κ1) is 22.3. The fraction of sp³-hybridized carbons (Fsp3) is 0.500. The maximum absolute atomic E-state index is 12.3. The monoisotopic (exact) mass is 413 g/mol. The van der Waals surface area contributed by atoms with Gasteiger partial charge in [0.05, 0.1) is 17.9 Å². The van der Waals surface area contributed by atoms with Crippen LogP contribution in [0, 0.1) is 0 Å². The van der Waals surface area contributed by atoms with Crippen molar-refractivity contribution in [3.8, 4) is 0 Å². The number of nitrogens with one attached hydrogen (secondary N) is 1. The Morgan fingerprint density at radius 2 is 1.97 bits per heavy atom. The Hall–Kier alpha value is -2.98. The lowest BCUT2D eigenvalue weighted by atomic mass is 9.94. The molecule has 3 rings (SSSR count). The molecule has 2 N–H and O–H groups in total. The van der Waals surface area contributed by atoms with Crippen LogP contribution in [0.25, 0.3) is 0 Å². The lowest BCUT2D eigenvalue weighted by Gasteiger charge is -2.16. The minimum absolute atomic E-state index is 0.117. The van der Waals surface area contributed by atoms with Crippen molar-refractivity contribution in [2.45, 2.75) is 51.2 Å². The van der Waals surface area contributed by atoms with Crippen molar-refractivity contribution in [2.75, 3.05) is 7.05 Å². The quantitative estimate of drug-likeness (QED) is 0.778. The average Bonchev–Trinajstić information content (AvgIpc) is 3.10. The van der Waals surface area contributed by atoms with Crippen LogP contribution >= 0.6 is 0 Å². The van der Waals surface area contributed by atoms with Gasteiger partial charge in [0.1, 0.15) is 6.33 Å². The minimum Gasteiger partial charge on any atom is -0.475 e. The molecule has 2 aromatic rings. The second-order valence-corrected chi connectivity index (χ2v) is 6.59. The summed E-state index contributed by atoms with van der Waals surface area (Å²) in [6, 6.07) is 1.83. The molecule has 0 aromatic carbocycles. The van der Waals surface area contributed by atoms with Crippen LogP contribution in [-0.4, -0.2) is 55.3 Å². The van der Waals surface area contributed by atoms with Gasteiger partial charge in [-0.05, 0) is 37.3 Å². The molecule has 29 heavy (non-hydrogen) atoms. The van der Waals surface area contributed by atoms with Gasteiger partial charge in [-0.25, -0.2) is 14.8 Å². The molecule has 0 aliphatic heterocycles. The number of rotatable bonds is 5. The number of H-pyrrole nitrogens is 1. The normalized spacial score (nSPS) is 13.1. The highest BCUT2D eigenvalue weighted by Gasteiger charge is 2.38. The Morgan fingerprint density at radius 3 is 2.59 bits per heavy atom. The van der Waals surface area contributed by atoms with Gasteiger partial charge in [-0.3, -0.25) is 9.89 Å². The number of alkyl halides is 3. The molecule has 158 valence electrons. The van der Waals surface area contributed by atoms with Crippen LogP contribution in [0.3, 0.4) is 0 Å². The Balaban J connectivity index is 0.000000370. The van der Waals surface area contributed by atoms with E-state index in [4.69, 9.17) is 9.90 Å². The molecular formula is C18H22F3N5O3. The number of carboxylic acid groups (broad SMARTS) is 1. The third kappa shape index (κ3) is 6.84. The summed E-state index contributed by atoms with van der Waals surface area (Å²) < 4.78 is 31.7. The van der Waals surface area contributed by atoms with Crippen molar-refractivity contribution in [1.29, 1.82) is 0 Å². The van der Waals surface area contributed by atoms with Crippen molar-refractivity contribution < 1.29 is 27.9 Å². The maximum atomic E-state index is 12.3. The van der Waals surface area contributed by atoms with E-state index < -0.39 is 12.1 Å². The summed E-state index contributed by atoms with van der Waals surface area (Å²) in [5, 5.41) is 14.6. The first-order valence-corrected chi connectivity index (χ1v) is 9.02. The first-order chi connectivity index (χ1) is 13.7. The van der Waals surface area contributed by atoms with Crippen LogP contribution in [0.2, 0.25) is 0 Å². The van der Waals surface area contributed by atoms with E-state index in [2.05, 4.69) is 20.2 Å². The summed E-state index contributed by atoms with van der Waals surface area (Å²) in [5.41, 5.74) is 4.53. The molecule has 0 saturated heterocycles. The van der Waals surface area contributed by atoms with E-state index in [1.165, 1.54) is 30.4 Å². The number of aromatic nitrogens is 4. The van der Waals surface area contributed by atoms with Crippen LogP contribution in [0.1, 0.15) is 41.9 Å². The summed E-state index contributed by atoms with van der Waals surface area (Å²) in [7, 11) is 1.81. The molecule has 0 bridgehead atoms. The van der Waals surface area contributed by atoms with Gasteiger partial charge in [0.2, 0.25) is 5.91 Å². The Kier molecular flexibility index (Phi) is 7.68. The molecule has 0 atom stereocenters. The molecule has 1 aliphatic rings. The SMILES string of the molecule is CN(Cc1ccncn1)C(=O)CCc1n[nH]c2c1CCCC2.O=C(O)C(F)(F)F. The number of nitrogens with zero attached hydrogens (tertiary/aromatic N) is 4. The molecule has 1 aliphatic carbocycles. The van der Waals surface area contributed by atoms with Crippen molar-refractivity contribution >= 4 is 11.9 Å². The number of halogens is 3. The fourth-order valence-corrected chi connectivity index (χ4v) is 2.92. The third-order valence-corrected chi connectivity index (χ3v) is 4.43. The van der Waals surface area contributed by atoms with E-state index in [0.717, 1.165) is 24.2 Å². The highest BCUT2D eigenvalue weighted by Crippen LogP contribution is 2.23. The molecular weight excluding hydrogens is 391 g/mol. The standard InChI is InChI=1S/C16H21N5O.C2HF3O2/c1-21(10-12-8-9-17-11-18-12)16(22)7-6-15-13-4-2-3-5-14(13)19-20-15;3-2(4,5)1(6)7/h8-9,11H,2-7,10H2,1H3,(H,19,20);(H,6,7). The number of aryl methyl sites for hydroxylation is 2. The van der Waals surface area contributed by atoms with E-state index in [-0.39, 0.29) is 5.91 Å². The van der Waals surface area contributed by atoms with E-state index in [9.17, 15) is 18.0 Å². The summed E-state index contributed by atoms with van der Waals surface area (Å²) in [6.45, 7) is 0.514. The molecule has 0 fully saturated rings. The second kappa shape index (κ2) is 9.99. The largest absolute Gasteiger partial charge is 0.490 e. The van der Waals surface area contributed by atoms with Crippen molar-refractivity contribution in [2.24, 2.45) is 0 Å². The summed E-state index contributed by atoms with van der Waals surface area (Å²) >= 11 is 0. The highest BCUT2D eigenvalue weighted by atomic mass is 19.4. The van der Waals surface area contributed by atoms with Gasteiger partial charge in [-0.15, -0.1) is 0 Å². The van der Waals surface area contributed by atoms with E-state index in [0.29, 0.717) is 19.4 Å². The van der Waals surface area contributed by atoms with E-state index in [1.54, 1.807) is 11.1 Å². The molecule has 11 heteroatoms. The average molecular weight is 413 g/mol. The van der Waals surface area contributed by atoms with E-state index in [1.807, 2.05) is 13.1 Å². The molecule has 1 amide bonds. The number of carbonyl (C=O) groups excluding carboxylic acids is 1. The Labute approximate surface area is 165 Å². The van der Waals surface area contributed by atoms with Crippen LogP contribution in [0.5, 0.6) is 0 Å². The summed E-state index contributed by atoms with van der Waals surface area (Å²) in [5.74, 6) is -2.64. The lowest BCUT2D eigenvalue weighted by molar-refractivity contribution is -0.192. The van der Waals surface area contributed by atoms with Gasteiger partial charge >= 0.3 is 12.1 Å². The van der Waals surface area contributed by atoms with Gasteiger partial charge in [-0.1, -0.05) is 0 Å². The molecule has 0 unspecified atom stereocenters. The Morgan fingerprint density at radius 1 is 1.28 bits per heavy atom. The number of carbonyl (C=O) groups is 2. The van der Waals surface area contributed by atoms with Gasteiger partial charge in [0.25, 0.3) is 0 Å². The topological polar surface area (TPSA) is 112 Å². The zero-order valence-electron chi connectivity index (χ0n) is 15.9. The number of hydrogen-bond donors (Lipinski definition) is 2. The van der Waals surface area contributed by atoms with Crippen molar-refractivity contribution in [3.05, 3.63) is 41.2 Å². The predicted molar refractivity (Wildman–Crippen MR) is 95.7 cm³/mol. The number of aromatic amines is 1. The van der Waals surface area contributed by atoms with Gasteiger partial charge in [0, 0.05) is 31.8 Å². The maximum Gasteiger partial charge on any atom is 0.490 e. The minimum atomic E-state index is -5.08. The van der Waals surface area contributed by atoms with E-state index >= 15 is 0 Å². The first-order valence-electron chi connectivity index (χ1n) is 9.02. The second-order valence-electron chi connectivity index (χ2n) is 6.59. The Bertz CT molecular complexity index is 824. The van der Waals surface area contributed by atoms with Crippen LogP contribution < -0.4 is 0 Å². The molecule has 2 heterocycles. The smallest absolute Gasteiger partial charge is 0.475 e. The summed E-state index contributed by atoms with van der Waals surface area (Å²) in [4.78, 5) is 30.9. The molecule has 0 spiro atoms. The van der Waals surface area contributed by atoms with Crippen LogP contribution in [0.15, 0.2) is 18.6 Å². The zero-order chi connectivity index (χ0) is 21.4. The van der Waals surface area contributed by atoms with Gasteiger partial charge in [-0.2, -0.15) is 18.3 Å². The number of amides is 1. The van der Waals surface area contributed by atoms with Gasteiger partial charge in [0.15, 0.2) is 0 Å². The molecule has 0 saturated carbocycles. The van der Waals surface area contributed by atoms with Crippen LogP contribution in [-0.2, 0) is 35.4 Å². The third-order valence-electron chi connectivity index (χ3n) is 4.43. The number of hydrogen-bond acceptors (Lipinski definition) is 5. The molecule has 8 nitrogen and oxygen atoms in total.